The van der Waals surface area contributed by atoms with Gasteiger partial charge in [-0.1, -0.05) is 41.6 Å². The Labute approximate surface area is 144 Å². The van der Waals surface area contributed by atoms with Gasteiger partial charge in [0, 0.05) is 11.8 Å². The number of rotatable bonds is 6. The number of aliphatic hydroxyl groups is 1. The van der Waals surface area contributed by atoms with E-state index < -0.39 is 6.10 Å². The molecule has 1 amide bonds. The number of carbonyl (C=O) groups excluding carboxylic acids is 1. The van der Waals surface area contributed by atoms with E-state index in [4.69, 9.17) is 4.74 Å². The lowest BCUT2D eigenvalue weighted by molar-refractivity contribution is 0.102. The molecule has 0 spiro atoms. The highest BCUT2D eigenvalue weighted by Crippen LogP contribution is 2.17. The smallest absolute Gasteiger partial charge is 0.277 e. The van der Waals surface area contributed by atoms with E-state index in [1.807, 2.05) is 30.3 Å². The molecule has 7 heteroatoms. The number of carbonyl (C=O) groups is 1. The number of ether oxygens (including phenoxy) is 1. The lowest BCUT2D eigenvalue weighted by Crippen LogP contribution is -2.12. The van der Waals surface area contributed by atoms with Crippen LogP contribution in [0.25, 0.3) is 0 Å². The van der Waals surface area contributed by atoms with Gasteiger partial charge in [-0.25, -0.2) is 4.68 Å². The number of amides is 1. The number of methoxy groups -OCH3 is 1. The summed E-state index contributed by atoms with van der Waals surface area (Å²) in [6.07, 6.45) is 0.777. The molecule has 0 radical (unpaired) electrons. The number of nitrogens with one attached hydrogen (secondary N) is 1. The first-order valence-electron chi connectivity index (χ1n) is 7.74. The predicted octanol–water partition coefficient (Wildman–Crippen LogP) is 2.27. The van der Waals surface area contributed by atoms with Crippen LogP contribution >= 0.6 is 0 Å². The summed E-state index contributed by atoms with van der Waals surface area (Å²) >= 11 is 0. The van der Waals surface area contributed by atoms with E-state index in [1.54, 1.807) is 31.4 Å². The first-order chi connectivity index (χ1) is 12.2. The predicted molar refractivity (Wildman–Crippen MR) is 92.4 cm³/mol. The molecule has 7 nitrogen and oxygen atoms in total. The molecule has 0 unspecified atom stereocenters. The summed E-state index contributed by atoms with van der Waals surface area (Å²) < 4.78 is 6.56. The van der Waals surface area contributed by atoms with Crippen molar-refractivity contribution in [1.82, 2.24) is 15.0 Å². The van der Waals surface area contributed by atoms with Gasteiger partial charge in [-0.05, 0) is 17.7 Å². The maximum Gasteiger partial charge on any atom is 0.277 e. The second-order valence-corrected chi connectivity index (χ2v) is 5.44. The largest absolute Gasteiger partial charge is 0.497 e. The Hall–Kier alpha value is -3.19. The summed E-state index contributed by atoms with van der Waals surface area (Å²) in [5.41, 5.74) is 1.55. The summed E-state index contributed by atoms with van der Waals surface area (Å²) in [5.74, 6) is 0.265. The maximum atomic E-state index is 12.3. The van der Waals surface area contributed by atoms with E-state index in [2.05, 4.69) is 15.6 Å². The van der Waals surface area contributed by atoms with E-state index in [9.17, 15) is 9.90 Å². The molecule has 0 bridgehead atoms. The van der Waals surface area contributed by atoms with Crippen LogP contribution in [0.2, 0.25) is 0 Å². The number of aliphatic hydroxyl groups excluding tert-OH is 1. The quantitative estimate of drug-likeness (QED) is 0.720. The molecule has 3 aromatic rings. The minimum atomic E-state index is -0.725. The molecule has 2 aromatic carbocycles. The monoisotopic (exact) mass is 338 g/mol. The minimum Gasteiger partial charge on any atom is -0.497 e. The highest BCUT2D eigenvalue weighted by atomic mass is 16.5. The van der Waals surface area contributed by atoms with Crippen molar-refractivity contribution in [1.29, 1.82) is 0 Å². The summed E-state index contributed by atoms with van der Waals surface area (Å²) in [7, 11) is 1.56. The van der Waals surface area contributed by atoms with Crippen molar-refractivity contribution < 1.29 is 14.6 Å². The molecular formula is C18H18N4O3. The molecule has 2 N–H and O–H groups in total. The van der Waals surface area contributed by atoms with Crippen molar-refractivity contribution in [3.63, 3.8) is 0 Å². The summed E-state index contributed by atoms with van der Waals surface area (Å²) in [5, 5.41) is 20.7. The molecule has 128 valence electrons. The fourth-order valence-electron chi connectivity index (χ4n) is 2.35. The number of hydrogen-bond acceptors (Lipinski definition) is 5. The van der Waals surface area contributed by atoms with Crippen LogP contribution in [-0.4, -0.2) is 33.1 Å². The van der Waals surface area contributed by atoms with Crippen LogP contribution in [0.15, 0.2) is 60.8 Å². The number of anilines is 1. The second-order valence-electron chi connectivity index (χ2n) is 5.44. The lowest BCUT2D eigenvalue weighted by Gasteiger charge is -2.09. The normalized spacial score (nSPS) is 11.8. The molecule has 0 aliphatic rings. The van der Waals surface area contributed by atoms with Gasteiger partial charge in [0.15, 0.2) is 5.69 Å². The van der Waals surface area contributed by atoms with Crippen molar-refractivity contribution in [3.05, 3.63) is 72.1 Å². The van der Waals surface area contributed by atoms with Gasteiger partial charge in [0.25, 0.3) is 5.91 Å². The third kappa shape index (κ3) is 4.21. The molecule has 1 aromatic heterocycles. The third-order valence-electron chi connectivity index (χ3n) is 3.64. The van der Waals surface area contributed by atoms with Crippen LogP contribution in [0.3, 0.4) is 0 Å². The average Bonchev–Trinajstić information content (AvgIpc) is 3.11. The van der Waals surface area contributed by atoms with Crippen LogP contribution in [0.5, 0.6) is 5.75 Å². The van der Waals surface area contributed by atoms with Crippen LogP contribution in [0.4, 0.5) is 5.69 Å². The Morgan fingerprint density at radius 1 is 1.24 bits per heavy atom. The zero-order valence-corrected chi connectivity index (χ0v) is 13.7. The molecule has 25 heavy (non-hydrogen) atoms. The number of benzene rings is 2. The van der Waals surface area contributed by atoms with Crippen molar-refractivity contribution in [3.8, 4) is 5.75 Å². The minimum absolute atomic E-state index is 0.170. The van der Waals surface area contributed by atoms with Gasteiger partial charge in [-0.2, -0.15) is 0 Å². The van der Waals surface area contributed by atoms with Crippen molar-refractivity contribution in [2.24, 2.45) is 0 Å². The van der Waals surface area contributed by atoms with Gasteiger partial charge < -0.3 is 15.2 Å². The lowest BCUT2D eigenvalue weighted by atomic mass is 10.1. The first kappa shape index (κ1) is 16.7. The first-order valence-corrected chi connectivity index (χ1v) is 7.74. The molecule has 0 aliphatic heterocycles. The van der Waals surface area contributed by atoms with Crippen molar-refractivity contribution in [2.45, 2.75) is 12.6 Å². The summed E-state index contributed by atoms with van der Waals surface area (Å²) in [6, 6.07) is 16.3. The van der Waals surface area contributed by atoms with Gasteiger partial charge >= 0.3 is 0 Å². The highest BCUT2D eigenvalue weighted by Gasteiger charge is 2.14. The van der Waals surface area contributed by atoms with Gasteiger partial charge in [-0.15, -0.1) is 5.10 Å². The van der Waals surface area contributed by atoms with E-state index in [0.717, 1.165) is 5.56 Å². The van der Waals surface area contributed by atoms with Gasteiger partial charge in [0.1, 0.15) is 5.75 Å². The molecule has 0 aliphatic carbocycles. The summed E-state index contributed by atoms with van der Waals surface area (Å²) in [6.45, 7) is 0.212. The fraction of sp³-hybridized carbons (Fsp3) is 0.167. The van der Waals surface area contributed by atoms with E-state index >= 15 is 0 Å². The standard InChI is InChI=1S/C18H18N4O3/c1-25-15-9-5-8-14(10-15)19-18(24)16-11-22(21-20-16)12-17(23)13-6-3-2-4-7-13/h2-11,17,23H,12H2,1H3,(H,19,24)/t17-/m0/s1. The molecule has 0 saturated carbocycles. The van der Waals surface area contributed by atoms with Crippen LogP contribution in [0.1, 0.15) is 22.2 Å². The molecule has 1 atom stereocenters. The van der Waals surface area contributed by atoms with Crippen molar-refractivity contribution >= 4 is 11.6 Å². The molecule has 3 rings (SSSR count). The van der Waals surface area contributed by atoms with Gasteiger partial charge in [-0.3, -0.25) is 4.79 Å². The Kier molecular flexibility index (Phi) is 5.06. The SMILES string of the molecule is COc1cccc(NC(=O)c2cn(C[C@H](O)c3ccccc3)nn2)c1. The zero-order chi connectivity index (χ0) is 17.6. The number of aromatic nitrogens is 3. The number of nitrogens with zero attached hydrogens (tertiary/aromatic N) is 3. The zero-order valence-electron chi connectivity index (χ0n) is 13.7. The Morgan fingerprint density at radius 3 is 2.80 bits per heavy atom. The van der Waals surface area contributed by atoms with Crippen LogP contribution < -0.4 is 10.1 Å². The fourth-order valence-corrected chi connectivity index (χ4v) is 2.35. The van der Waals surface area contributed by atoms with Crippen LogP contribution in [0, 0.1) is 0 Å². The topological polar surface area (TPSA) is 89.3 Å². The Bertz CT molecular complexity index is 848. The molecule has 1 heterocycles. The molecular weight excluding hydrogens is 320 g/mol. The third-order valence-corrected chi connectivity index (χ3v) is 3.64. The van der Waals surface area contributed by atoms with E-state index in [1.165, 1.54) is 10.9 Å². The maximum absolute atomic E-state index is 12.3. The van der Waals surface area contributed by atoms with E-state index in [0.29, 0.717) is 11.4 Å². The summed E-state index contributed by atoms with van der Waals surface area (Å²) in [4.78, 5) is 12.3. The van der Waals surface area contributed by atoms with Gasteiger partial charge in [0.2, 0.25) is 0 Å². The highest BCUT2D eigenvalue weighted by molar-refractivity contribution is 6.02. The van der Waals surface area contributed by atoms with Crippen molar-refractivity contribution in [2.75, 3.05) is 12.4 Å². The second kappa shape index (κ2) is 7.59. The van der Waals surface area contributed by atoms with Gasteiger partial charge in [0.05, 0.1) is 26.0 Å². The van der Waals surface area contributed by atoms with Crippen LogP contribution in [-0.2, 0) is 6.54 Å². The Balaban J connectivity index is 1.65. The number of hydrogen-bond donors (Lipinski definition) is 2. The van der Waals surface area contributed by atoms with E-state index in [-0.39, 0.29) is 18.1 Å². The average molecular weight is 338 g/mol. The Morgan fingerprint density at radius 2 is 2.04 bits per heavy atom. The molecule has 0 fully saturated rings. The molecule has 0 saturated heterocycles.